The van der Waals surface area contributed by atoms with Gasteiger partial charge in [-0.15, -0.1) is 0 Å². The molecule has 1 N–H and O–H groups in total. The summed E-state index contributed by atoms with van der Waals surface area (Å²) in [7, 11) is 0. The third kappa shape index (κ3) is 5.28. The van der Waals surface area contributed by atoms with Crippen LogP contribution < -0.4 is 10.1 Å². The lowest BCUT2D eigenvalue weighted by atomic mass is 10.2. The minimum atomic E-state index is -0.350. The van der Waals surface area contributed by atoms with Crippen LogP contribution in [0.4, 0.5) is 4.39 Å². The largest absolute Gasteiger partial charge is 0.489 e. The average molecular weight is 357 g/mol. The third-order valence-corrected chi connectivity index (χ3v) is 4.09. The van der Waals surface area contributed by atoms with Gasteiger partial charge in [0.05, 0.1) is 5.02 Å². The summed E-state index contributed by atoms with van der Waals surface area (Å²) in [6.07, 6.45) is 3.58. The summed E-state index contributed by atoms with van der Waals surface area (Å²) >= 11 is 6.00. The molecule has 0 radical (unpaired) electrons. The van der Waals surface area contributed by atoms with Crippen LogP contribution in [0.15, 0.2) is 67.0 Å². The molecule has 0 aliphatic rings. The SMILES string of the molecule is Fc1ccc(COc2ccc(CNCc3ccncc3)cc2)c(Cl)c1. The van der Waals surface area contributed by atoms with Gasteiger partial charge in [-0.3, -0.25) is 4.98 Å². The van der Waals surface area contributed by atoms with Crippen molar-refractivity contribution >= 4 is 11.6 Å². The molecule has 0 fully saturated rings. The van der Waals surface area contributed by atoms with E-state index >= 15 is 0 Å². The van der Waals surface area contributed by atoms with Crippen molar-refractivity contribution < 1.29 is 9.13 Å². The Morgan fingerprint density at radius 3 is 2.28 bits per heavy atom. The second kappa shape index (κ2) is 8.60. The number of nitrogens with one attached hydrogen (secondary N) is 1. The van der Waals surface area contributed by atoms with Crippen molar-refractivity contribution in [3.63, 3.8) is 0 Å². The molecule has 3 rings (SSSR count). The molecule has 0 amide bonds. The van der Waals surface area contributed by atoms with Gasteiger partial charge in [0.25, 0.3) is 0 Å². The highest BCUT2D eigenvalue weighted by Gasteiger charge is 2.03. The van der Waals surface area contributed by atoms with Gasteiger partial charge in [0.2, 0.25) is 0 Å². The Morgan fingerprint density at radius 1 is 0.920 bits per heavy atom. The zero-order valence-corrected chi connectivity index (χ0v) is 14.3. The number of hydrogen-bond donors (Lipinski definition) is 1. The molecule has 1 aromatic heterocycles. The number of ether oxygens (including phenoxy) is 1. The molecule has 0 saturated heterocycles. The van der Waals surface area contributed by atoms with E-state index in [0.29, 0.717) is 11.6 Å². The van der Waals surface area contributed by atoms with E-state index in [0.717, 1.165) is 24.4 Å². The molecule has 0 spiro atoms. The molecule has 0 aliphatic carbocycles. The molecule has 1 heterocycles. The Hall–Kier alpha value is -2.43. The fraction of sp³-hybridized carbons (Fsp3) is 0.150. The van der Waals surface area contributed by atoms with Crippen molar-refractivity contribution in [2.24, 2.45) is 0 Å². The highest BCUT2D eigenvalue weighted by molar-refractivity contribution is 6.31. The molecule has 0 unspecified atom stereocenters. The lowest BCUT2D eigenvalue weighted by molar-refractivity contribution is 0.306. The van der Waals surface area contributed by atoms with Gasteiger partial charge in [0.15, 0.2) is 0 Å². The Labute approximate surface area is 151 Å². The number of pyridine rings is 1. The molecule has 0 bridgehead atoms. The summed E-state index contributed by atoms with van der Waals surface area (Å²) < 4.78 is 18.7. The van der Waals surface area contributed by atoms with E-state index in [-0.39, 0.29) is 5.82 Å². The van der Waals surface area contributed by atoms with Crippen LogP contribution in [0, 0.1) is 5.82 Å². The van der Waals surface area contributed by atoms with E-state index in [1.165, 1.54) is 23.3 Å². The number of halogens is 2. The van der Waals surface area contributed by atoms with E-state index in [9.17, 15) is 4.39 Å². The molecule has 0 saturated carbocycles. The quantitative estimate of drug-likeness (QED) is 0.663. The minimum absolute atomic E-state index is 0.304. The maximum Gasteiger partial charge on any atom is 0.124 e. The second-order valence-corrected chi connectivity index (χ2v) is 6.03. The first kappa shape index (κ1) is 17.4. The van der Waals surface area contributed by atoms with Crippen LogP contribution in [0.2, 0.25) is 5.02 Å². The molecule has 3 nitrogen and oxygen atoms in total. The Morgan fingerprint density at radius 2 is 1.60 bits per heavy atom. The molecule has 25 heavy (non-hydrogen) atoms. The van der Waals surface area contributed by atoms with E-state index in [4.69, 9.17) is 16.3 Å². The molecule has 128 valence electrons. The van der Waals surface area contributed by atoms with Gasteiger partial charge in [-0.2, -0.15) is 0 Å². The second-order valence-electron chi connectivity index (χ2n) is 5.63. The van der Waals surface area contributed by atoms with Crippen LogP contribution >= 0.6 is 11.6 Å². The maximum absolute atomic E-state index is 13.0. The van der Waals surface area contributed by atoms with Gasteiger partial charge < -0.3 is 10.1 Å². The van der Waals surface area contributed by atoms with Gasteiger partial charge in [-0.25, -0.2) is 4.39 Å². The summed E-state index contributed by atoms with van der Waals surface area (Å²) in [5, 5.41) is 3.76. The Balaban J connectivity index is 1.48. The van der Waals surface area contributed by atoms with Crippen LogP contribution in [0.3, 0.4) is 0 Å². The van der Waals surface area contributed by atoms with E-state index < -0.39 is 0 Å². The molecular formula is C20H18ClFN2O. The van der Waals surface area contributed by atoms with Crippen LogP contribution in [0.5, 0.6) is 5.75 Å². The van der Waals surface area contributed by atoms with Gasteiger partial charge in [-0.05, 0) is 47.5 Å². The number of benzene rings is 2. The number of nitrogens with zero attached hydrogens (tertiary/aromatic N) is 1. The summed E-state index contributed by atoms with van der Waals surface area (Å²) in [6.45, 7) is 1.87. The lowest BCUT2D eigenvalue weighted by Crippen LogP contribution is -2.12. The van der Waals surface area contributed by atoms with Crippen molar-refractivity contribution in [2.45, 2.75) is 19.7 Å². The number of aromatic nitrogens is 1. The third-order valence-electron chi connectivity index (χ3n) is 3.74. The number of rotatable bonds is 7. The highest BCUT2D eigenvalue weighted by atomic mass is 35.5. The van der Waals surface area contributed by atoms with Gasteiger partial charge in [0.1, 0.15) is 18.2 Å². The summed E-state index contributed by atoms with van der Waals surface area (Å²) in [6, 6.07) is 16.1. The van der Waals surface area contributed by atoms with Crippen molar-refractivity contribution in [1.29, 1.82) is 0 Å². The van der Waals surface area contributed by atoms with Crippen molar-refractivity contribution in [3.8, 4) is 5.75 Å². The first-order valence-electron chi connectivity index (χ1n) is 7.96. The highest BCUT2D eigenvalue weighted by Crippen LogP contribution is 2.20. The van der Waals surface area contributed by atoms with Gasteiger partial charge in [-0.1, -0.05) is 29.8 Å². The Bertz CT molecular complexity index is 810. The lowest BCUT2D eigenvalue weighted by Gasteiger charge is -2.09. The first-order valence-corrected chi connectivity index (χ1v) is 8.34. The standard InChI is InChI=1S/C20H18ClFN2O/c21-20-11-18(22)4-3-17(20)14-25-19-5-1-15(2-6-19)12-24-13-16-7-9-23-10-8-16/h1-11,24H,12-14H2. The zero-order chi connectivity index (χ0) is 17.5. The van der Waals surface area contributed by atoms with Gasteiger partial charge in [0, 0.05) is 31.0 Å². The molecule has 5 heteroatoms. The monoisotopic (exact) mass is 356 g/mol. The van der Waals surface area contributed by atoms with E-state index in [2.05, 4.69) is 10.3 Å². The Kier molecular flexibility index (Phi) is 5.99. The predicted molar refractivity (Wildman–Crippen MR) is 97.0 cm³/mol. The topological polar surface area (TPSA) is 34.1 Å². The van der Waals surface area contributed by atoms with Crippen LogP contribution in [-0.4, -0.2) is 4.98 Å². The zero-order valence-electron chi connectivity index (χ0n) is 13.6. The number of hydrogen-bond acceptors (Lipinski definition) is 3. The average Bonchev–Trinajstić information content (AvgIpc) is 2.63. The van der Waals surface area contributed by atoms with Crippen molar-refractivity contribution in [1.82, 2.24) is 10.3 Å². The fourth-order valence-corrected chi connectivity index (χ4v) is 2.58. The van der Waals surface area contributed by atoms with E-state index in [1.807, 2.05) is 36.4 Å². The summed E-state index contributed by atoms with van der Waals surface area (Å²) in [5.74, 6) is 0.399. The van der Waals surface area contributed by atoms with E-state index in [1.54, 1.807) is 18.5 Å². The van der Waals surface area contributed by atoms with Crippen LogP contribution in [-0.2, 0) is 19.7 Å². The summed E-state index contributed by atoms with van der Waals surface area (Å²) in [4.78, 5) is 4.00. The minimum Gasteiger partial charge on any atom is -0.489 e. The smallest absolute Gasteiger partial charge is 0.124 e. The van der Waals surface area contributed by atoms with Crippen molar-refractivity contribution in [2.75, 3.05) is 0 Å². The van der Waals surface area contributed by atoms with Gasteiger partial charge >= 0.3 is 0 Å². The maximum atomic E-state index is 13.0. The predicted octanol–water partition coefficient (Wildman–Crippen LogP) is 4.74. The van der Waals surface area contributed by atoms with Crippen LogP contribution in [0.1, 0.15) is 16.7 Å². The molecule has 0 aliphatic heterocycles. The van der Waals surface area contributed by atoms with Crippen molar-refractivity contribution in [3.05, 3.63) is 94.5 Å². The molecular weight excluding hydrogens is 339 g/mol. The van der Waals surface area contributed by atoms with Crippen LogP contribution in [0.25, 0.3) is 0 Å². The molecule has 3 aromatic rings. The summed E-state index contributed by atoms with van der Waals surface area (Å²) in [5.41, 5.74) is 3.12. The molecule has 2 aromatic carbocycles. The fourth-order valence-electron chi connectivity index (χ4n) is 2.36. The molecule has 0 atom stereocenters. The normalized spacial score (nSPS) is 10.6. The first-order chi connectivity index (χ1) is 12.2.